The summed E-state index contributed by atoms with van der Waals surface area (Å²) in [6, 6.07) is 9.70. The van der Waals surface area contributed by atoms with Gasteiger partial charge in [-0.05, 0) is 64.4 Å². The lowest BCUT2D eigenvalue weighted by atomic mass is 9.76. The Labute approximate surface area is 280 Å². The number of likely N-dealkylation sites (tertiary alicyclic amines) is 2. The number of hydrogen-bond donors (Lipinski definition) is 2. The second-order valence-corrected chi connectivity index (χ2v) is 14.1. The predicted molar refractivity (Wildman–Crippen MR) is 172 cm³/mol. The fourth-order valence-corrected chi connectivity index (χ4v) is 8.30. The van der Waals surface area contributed by atoms with Gasteiger partial charge >= 0.3 is 18.4 Å². The molecule has 3 N–H and O–H groups in total. The lowest BCUT2D eigenvalue weighted by molar-refractivity contribution is -0.143. The van der Waals surface area contributed by atoms with Gasteiger partial charge in [-0.2, -0.15) is 13.2 Å². The monoisotopic (exact) mass is 720 g/mol. The van der Waals surface area contributed by atoms with Gasteiger partial charge in [-0.1, -0.05) is 50.3 Å². The van der Waals surface area contributed by atoms with Gasteiger partial charge in [0.2, 0.25) is 0 Å². The minimum atomic E-state index is -4.71. The van der Waals surface area contributed by atoms with Gasteiger partial charge in [0.05, 0.1) is 16.9 Å². The number of piperidine rings is 2. The van der Waals surface area contributed by atoms with E-state index in [1.165, 1.54) is 43.1 Å². The maximum absolute atomic E-state index is 14.0. The highest BCUT2D eigenvalue weighted by Crippen LogP contribution is 2.44. The van der Waals surface area contributed by atoms with Crippen LogP contribution in [0.3, 0.4) is 0 Å². The molecule has 6 rings (SSSR count). The van der Waals surface area contributed by atoms with E-state index in [-0.39, 0.29) is 29.5 Å². The minimum absolute atomic E-state index is 0.0475. The van der Waals surface area contributed by atoms with Crippen molar-refractivity contribution in [1.82, 2.24) is 9.80 Å². The molecule has 1 spiro atoms. The largest absolute Gasteiger partial charge is 0.438 e. The molecule has 9 nitrogen and oxygen atoms in total. The molecule has 47 heavy (non-hydrogen) atoms. The van der Waals surface area contributed by atoms with Crippen LogP contribution in [0.4, 0.5) is 34.1 Å². The van der Waals surface area contributed by atoms with Gasteiger partial charge in [-0.15, -0.1) is 0 Å². The van der Waals surface area contributed by atoms with Gasteiger partial charge in [-0.25, -0.2) is 9.59 Å². The van der Waals surface area contributed by atoms with Crippen molar-refractivity contribution in [2.24, 2.45) is 11.8 Å². The molecule has 0 bridgehead atoms. The summed E-state index contributed by atoms with van der Waals surface area (Å²) in [5.41, 5.74) is 5.00. The Kier molecular flexibility index (Phi) is 9.64. The number of nitrogens with one attached hydrogen (secondary N) is 1. The van der Waals surface area contributed by atoms with E-state index < -0.39 is 47.2 Å². The van der Waals surface area contributed by atoms with Crippen molar-refractivity contribution in [3.05, 3.63) is 57.6 Å². The summed E-state index contributed by atoms with van der Waals surface area (Å²) >= 11 is 3.12. The van der Waals surface area contributed by atoms with Gasteiger partial charge in [0, 0.05) is 55.5 Å². The van der Waals surface area contributed by atoms with Crippen molar-refractivity contribution in [2.45, 2.75) is 82.1 Å². The maximum atomic E-state index is 14.0. The van der Waals surface area contributed by atoms with E-state index in [1.807, 2.05) is 18.2 Å². The normalized spacial score (nSPS) is 21.1. The van der Waals surface area contributed by atoms with Crippen molar-refractivity contribution in [1.29, 1.82) is 0 Å². The number of hydrogen-bond acceptors (Lipinski definition) is 6. The van der Waals surface area contributed by atoms with E-state index in [0.717, 1.165) is 24.5 Å². The van der Waals surface area contributed by atoms with Crippen LogP contribution in [-0.4, -0.2) is 60.2 Å². The summed E-state index contributed by atoms with van der Waals surface area (Å²) in [5.74, 6) is 0.783. The molecule has 2 aromatic carbocycles. The average molecular weight is 722 g/mol. The van der Waals surface area contributed by atoms with E-state index in [1.54, 1.807) is 11.0 Å². The Bertz CT molecular complexity index is 1500. The molecule has 2 aromatic rings. The highest BCUT2D eigenvalue weighted by molar-refractivity contribution is 9.10. The van der Waals surface area contributed by atoms with Crippen LogP contribution in [0.25, 0.3) is 0 Å². The SMILES string of the molecule is Nc1c(Br)cc(C[C@@H](OC(=O)N2CCC3(CC2)OC(=O)Nc2ccccc23)C(=O)N2CCC(C3CCCCC3)CC2)cc1C(F)(F)F. The summed E-state index contributed by atoms with van der Waals surface area (Å²) in [6.07, 6.45) is 0.923. The smallest absolute Gasteiger partial charge is 0.418 e. The maximum Gasteiger partial charge on any atom is 0.418 e. The standard InChI is InChI=1S/C34H40BrF3N4O5/c35-26-19-21(18-25(29(26)39)34(36,37)38)20-28(30(43)41-14-10-23(11-15-41)22-6-2-1-3-7-22)46-32(45)42-16-12-33(13-17-42)24-8-4-5-9-27(24)40-31(44)47-33/h4-5,8-9,18-19,22-23,28H,1-3,6-7,10-17,20,39H2,(H,40,44)/t28-/m1/s1. The third kappa shape index (κ3) is 7.19. The number of anilines is 2. The molecule has 4 aliphatic rings. The number of alkyl halides is 3. The third-order valence-corrected chi connectivity index (χ3v) is 11.0. The van der Waals surface area contributed by atoms with Crippen LogP contribution in [0.2, 0.25) is 0 Å². The quantitative estimate of drug-likeness (QED) is 0.310. The molecule has 1 saturated carbocycles. The summed E-state index contributed by atoms with van der Waals surface area (Å²) in [6.45, 7) is 1.41. The Morgan fingerprint density at radius 2 is 1.66 bits per heavy atom. The Balaban J connectivity index is 1.18. The first kappa shape index (κ1) is 33.4. The zero-order chi connectivity index (χ0) is 33.3. The highest BCUT2D eigenvalue weighted by Gasteiger charge is 2.46. The van der Waals surface area contributed by atoms with Crippen LogP contribution in [0, 0.1) is 11.8 Å². The van der Waals surface area contributed by atoms with Crippen molar-refractivity contribution in [3.8, 4) is 0 Å². The van der Waals surface area contributed by atoms with E-state index in [9.17, 15) is 27.6 Å². The number of ether oxygens (including phenoxy) is 2. The molecule has 1 aliphatic carbocycles. The Hall–Kier alpha value is -3.48. The average Bonchev–Trinajstić information content (AvgIpc) is 3.06. The number of carbonyl (C=O) groups is 3. The number of amides is 3. The second-order valence-electron chi connectivity index (χ2n) is 13.2. The van der Waals surface area contributed by atoms with Crippen molar-refractivity contribution in [3.63, 3.8) is 0 Å². The first-order valence-electron chi connectivity index (χ1n) is 16.4. The number of benzene rings is 2. The number of rotatable bonds is 5. The molecule has 0 aromatic heterocycles. The van der Waals surface area contributed by atoms with Crippen molar-refractivity contribution in [2.75, 3.05) is 37.2 Å². The van der Waals surface area contributed by atoms with E-state index in [2.05, 4.69) is 21.2 Å². The Morgan fingerprint density at radius 3 is 2.34 bits per heavy atom. The fraction of sp³-hybridized carbons (Fsp3) is 0.559. The summed E-state index contributed by atoms with van der Waals surface area (Å²) in [5, 5.41) is 2.71. The minimum Gasteiger partial charge on any atom is -0.438 e. The number of nitrogens with zero attached hydrogens (tertiary/aromatic N) is 2. The van der Waals surface area contributed by atoms with Crippen LogP contribution in [-0.2, 0) is 32.5 Å². The molecule has 3 fully saturated rings. The Morgan fingerprint density at radius 1 is 1.00 bits per heavy atom. The molecule has 13 heteroatoms. The lowest BCUT2D eigenvalue weighted by Gasteiger charge is -2.44. The van der Waals surface area contributed by atoms with Gasteiger partial charge in [0.25, 0.3) is 5.91 Å². The summed E-state index contributed by atoms with van der Waals surface area (Å²) < 4.78 is 53.1. The van der Waals surface area contributed by atoms with Crippen LogP contribution in [0.1, 0.15) is 74.5 Å². The zero-order valence-corrected chi connectivity index (χ0v) is 27.7. The van der Waals surface area contributed by atoms with Gasteiger partial charge in [0.1, 0.15) is 5.60 Å². The van der Waals surface area contributed by atoms with E-state index in [0.29, 0.717) is 43.5 Å². The van der Waals surface area contributed by atoms with Gasteiger partial charge in [-0.3, -0.25) is 10.1 Å². The molecule has 1 atom stereocenters. The van der Waals surface area contributed by atoms with Crippen molar-refractivity contribution < 1.29 is 37.0 Å². The number of carbonyl (C=O) groups excluding carboxylic acids is 3. The first-order chi connectivity index (χ1) is 22.4. The number of nitrogen functional groups attached to an aromatic ring is 1. The summed E-state index contributed by atoms with van der Waals surface area (Å²) in [7, 11) is 0. The predicted octanol–water partition coefficient (Wildman–Crippen LogP) is 7.47. The van der Waals surface area contributed by atoms with Gasteiger partial charge in [0.15, 0.2) is 6.10 Å². The van der Waals surface area contributed by atoms with Gasteiger partial charge < -0.3 is 25.0 Å². The van der Waals surface area contributed by atoms with E-state index in [4.69, 9.17) is 15.2 Å². The van der Waals surface area contributed by atoms with Crippen LogP contribution in [0.5, 0.6) is 0 Å². The number of para-hydroxylation sites is 1. The molecule has 254 valence electrons. The number of nitrogens with two attached hydrogens (primary N) is 1. The topological polar surface area (TPSA) is 114 Å². The molecule has 3 heterocycles. The summed E-state index contributed by atoms with van der Waals surface area (Å²) in [4.78, 5) is 43.0. The van der Waals surface area contributed by atoms with Crippen LogP contribution in [0.15, 0.2) is 40.9 Å². The number of halogens is 4. The number of fused-ring (bicyclic) bond motifs is 2. The first-order valence-corrected chi connectivity index (χ1v) is 17.2. The lowest BCUT2D eigenvalue weighted by Crippen LogP contribution is -2.52. The third-order valence-electron chi connectivity index (χ3n) is 10.4. The fourth-order valence-electron chi connectivity index (χ4n) is 7.80. The molecular weight excluding hydrogens is 681 g/mol. The molecule has 0 unspecified atom stereocenters. The van der Waals surface area contributed by atoms with Crippen LogP contribution < -0.4 is 11.1 Å². The highest BCUT2D eigenvalue weighted by atomic mass is 79.9. The molecule has 3 aliphatic heterocycles. The molecule has 2 saturated heterocycles. The van der Waals surface area contributed by atoms with E-state index >= 15 is 0 Å². The van der Waals surface area contributed by atoms with Crippen molar-refractivity contribution >= 4 is 45.4 Å². The molecular formula is C34H40BrF3N4O5. The van der Waals surface area contributed by atoms with Crippen LogP contribution >= 0.6 is 15.9 Å². The molecule has 3 amide bonds. The second kappa shape index (κ2) is 13.6. The zero-order valence-electron chi connectivity index (χ0n) is 26.1. The molecule has 0 radical (unpaired) electrons.